The standard InChI is InChI=1S/C9H11N5O3S2/c1-5(13-15)7-4-18-9(12-7)14-19(16,17)8-3-10-6(2)11-8/h3-4,15H,1-2H3,(H,10,11)(H,12,14). The second-order valence-corrected chi connectivity index (χ2v) is 6.17. The summed E-state index contributed by atoms with van der Waals surface area (Å²) in [6, 6.07) is 0. The number of aryl methyl sites for hydroxylation is 1. The number of oxime groups is 1. The molecule has 0 saturated carbocycles. The predicted molar refractivity (Wildman–Crippen MR) is 70.2 cm³/mol. The summed E-state index contributed by atoms with van der Waals surface area (Å²) in [5.41, 5.74) is 0.713. The van der Waals surface area contributed by atoms with Gasteiger partial charge in [-0.1, -0.05) is 5.16 Å². The van der Waals surface area contributed by atoms with E-state index in [-0.39, 0.29) is 10.2 Å². The van der Waals surface area contributed by atoms with E-state index in [1.165, 1.54) is 6.20 Å². The van der Waals surface area contributed by atoms with E-state index in [9.17, 15) is 8.42 Å². The zero-order valence-corrected chi connectivity index (χ0v) is 11.7. The molecule has 0 radical (unpaired) electrons. The number of anilines is 1. The Kier molecular flexibility index (Phi) is 3.53. The molecule has 0 fully saturated rings. The van der Waals surface area contributed by atoms with E-state index in [1.54, 1.807) is 19.2 Å². The molecule has 102 valence electrons. The van der Waals surface area contributed by atoms with Gasteiger partial charge in [-0.25, -0.2) is 9.97 Å². The highest BCUT2D eigenvalue weighted by atomic mass is 32.2. The number of nitrogens with one attached hydrogen (secondary N) is 2. The summed E-state index contributed by atoms with van der Waals surface area (Å²) in [5, 5.41) is 13.3. The largest absolute Gasteiger partial charge is 0.411 e. The van der Waals surface area contributed by atoms with Gasteiger partial charge in [-0.15, -0.1) is 11.3 Å². The van der Waals surface area contributed by atoms with Crippen molar-refractivity contribution < 1.29 is 13.6 Å². The minimum absolute atomic E-state index is 0.0331. The van der Waals surface area contributed by atoms with Crippen LogP contribution in [0, 0.1) is 6.92 Å². The first-order chi connectivity index (χ1) is 8.92. The summed E-state index contributed by atoms with van der Waals surface area (Å²) in [7, 11) is -3.73. The van der Waals surface area contributed by atoms with E-state index in [4.69, 9.17) is 5.21 Å². The van der Waals surface area contributed by atoms with Crippen LogP contribution in [0.5, 0.6) is 0 Å². The van der Waals surface area contributed by atoms with Gasteiger partial charge in [-0.05, 0) is 13.8 Å². The Hall–Kier alpha value is -1.94. The van der Waals surface area contributed by atoms with Crippen molar-refractivity contribution in [2.75, 3.05) is 4.72 Å². The van der Waals surface area contributed by atoms with Crippen LogP contribution in [-0.4, -0.2) is 34.3 Å². The lowest BCUT2D eigenvalue weighted by molar-refractivity contribution is 0.319. The zero-order chi connectivity index (χ0) is 14.0. The number of hydrogen-bond donors (Lipinski definition) is 3. The minimum atomic E-state index is -3.73. The number of imidazole rings is 1. The van der Waals surface area contributed by atoms with Gasteiger partial charge in [-0.2, -0.15) is 8.42 Å². The molecule has 0 unspecified atom stereocenters. The van der Waals surface area contributed by atoms with Crippen LogP contribution in [0.15, 0.2) is 21.8 Å². The fourth-order valence-corrected chi connectivity index (χ4v) is 3.22. The van der Waals surface area contributed by atoms with Gasteiger partial charge in [0, 0.05) is 5.38 Å². The lowest BCUT2D eigenvalue weighted by Crippen LogP contribution is -2.13. The van der Waals surface area contributed by atoms with E-state index in [2.05, 4.69) is 24.8 Å². The zero-order valence-electron chi connectivity index (χ0n) is 10.1. The van der Waals surface area contributed by atoms with Crippen molar-refractivity contribution >= 4 is 32.2 Å². The van der Waals surface area contributed by atoms with Crippen LogP contribution in [0.2, 0.25) is 0 Å². The van der Waals surface area contributed by atoms with Gasteiger partial charge in [0.2, 0.25) is 0 Å². The highest BCUT2D eigenvalue weighted by Crippen LogP contribution is 2.19. The summed E-state index contributed by atoms with van der Waals surface area (Å²) in [6.07, 6.45) is 1.23. The number of aromatic amines is 1. The number of sulfonamides is 1. The SMILES string of the molecule is CC(=NO)c1csc(NS(=O)(=O)c2cnc(C)[nH]2)n1. The predicted octanol–water partition coefficient (Wildman–Crippen LogP) is 1.17. The van der Waals surface area contributed by atoms with E-state index >= 15 is 0 Å². The molecule has 0 atom stereocenters. The minimum Gasteiger partial charge on any atom is -0.411 e. The van der Waals surface area contributed by atoms with Crippen molar-refractivity contribution in [3.8, 4) is 0 Å². The van der Waals surface area contributed by atoms with Crippen molar-refractivity contribution in [2.45, 2.75) is 18.9 Å². The molecule has 19 heavy (non-hydrogen) atoms. The molecule has 10 heteroatoms. The number of rotatable bonds is 4. The monoisotopic (exact) mass is 301 g/mol. The highest BCUT2D eigenvalue weighted by molar-refractivity contribution is 7.92. The number of nitrogens with zero attached hydrogens (tertiary/aromatic N) is 3. The van der Waals surface area contributed by atoms with Crippen LogP contribution >= 0.6 is 11.3 Å². The molecule has 2 aromatic rings. The average molecular weight is 301 g/mol. The molecule has 0 saturated heterocycles. The smallest absolute Gasteiger partial charge is 0.280 e. The number of H-pyrrole nitrogens is 1. The summed E-state index contributed by atoms with van der Waals surface area (Å²) >= 11 is 1.09. The summed E-state index contributed by atoms with van der Waals surface area (Å²) in [4.78, 5) is 10.5. The van der Waals surface area contributed by atoms with Crippen LogP contribution in [0.25, 0.3) is 0 Å². The summed E-state index contributed by atoms with van der Waals surface area (Å²) in [5.74, 6) is 0.503. The van der Waals surface area contributed by atoms with Crippen molar-refractivity contribution in [1.29, 1.82) is 0 Å². The number of aromatic nitrogens is 3. The molecule has 0 aromatic carbocycles. The molecule has 0 spiro atoms. The number of hydrogen-bond acceptors (Lipinski definition) is 7. The van der Waals surface area contributed by atoms with Crippen LogP contribution in [0.1, 0.15) is 18.4 Å². The first kappa shape index (κ1) is 13.5. The van der Waals surface area contributed by atoms with Gasteiger partial charge in [0.1, 0.15) is 17.2 Å². The third-order valence-electron chi connectivity index (χ3n) is 2.22. The fourth-order valence-electron chi connectivity index (χ4n) is 1.24. The first-order valence-corrected chi connectivity index (χ1v) is 7.47. The van der Waals surface area contributed by atoms with Crippen molar-refractivity contribution in [3.05, 3.63) is 23.1 Å². The molecule has 2 rings (SSSR count). The Morgan fingerprint density at radius 1 is 1.58 bits per heavy atom. The maximum Gasteiger partial charge on any atom is 0.280 e. The van der Waals surface area contributed by atoms with Gasteiger partial charge in [0.25, 0.3) is 10.0 Å². The topological polar surface area (TPSA) is 120 Å². The Bertz CT molecular complexity index is 716. The van der Waals surface area contributed by atoms with Gasteiger partial charge >= 0.3 is 0 Å². The Morgan fingerprint density at radius 3 is 2.89 bits per heavy atom. The second kappa shape index (κ2) is 4.97. The molecule has 0 amide bonds. The third kappa shape index (κ3) is 2.90. The first-order valence-electron chi connectivity index (χ1n) is 5.11. The van der Waals surface area contributed by atoms with Crippen LogP contribution in [0.3, 0.4) is 0 Å². The Balaban J connectivity index is 2.24. The molecule has 0 aliphatic heterocycles. The molecule has 2 aromatic heterocycles. The third-order valence-corrected chi connectivity index (χ3v) is 4.35. The van der Waals surface area contributed by atoms with E-state index in [0.717, 1.165) is 11.3 Å². The van der Waals surface area contributed by atoms with Crippen molar-refractivity contribution in [1.82, 2.24) is 15.0 Å². The lowest BCUT2D eigenvalue weighted by atomic mass is 10.3. The Labute approximate surface area is 113 Å². The van der Waals surface area contributed by atoms with E-state index in [1.807, 2.05) is 0 Å². The molecule has 3 N–H and O–H groups in total. The van der Waals surface area contributed by atoms with Gasteiger partial charge in [-0.3, -0.25) is 4.72 Å². The summed E-state index contributed by atoms with van der Waals surface area (Å²) in [6.45, 7) is 3.22. The van der Waals surface area contributed by atoms with Crippen LogP contribution < -0.4 is 4.72 Å². The van der Waals surface area contributed by atoms with E-state index < -0.39 is 10.0 Å². The maximum absolute atomic E-state index is 12.0. The second-order valence-electron chi connectivity index (χ2n) is 3.66. The maximum atomic E-state index is 12.0. The van der Waals surface area contributed by atoms with Crippen molar-refractivity contribution in [3.63, 3.8) is 0 Å². The quantitative estimate of drug-likeness (QED) is 0.445. The van der Waals surface area contributed by atoms with Gasteiger partial charge < -0.3 is 10.2 Å². The molecule has 2 heterocycles. The molecular weight excluding hydrogens is 290 g/mol. The average Bonchev–Trinajstić information content (AvgIpc) is 2.97. The molecule has 8 nitrogen and oxygen atoms in total. The molecule has 0 bridgehead atoms. The fraction of sp³-hybridized carbons (Fsp3) is 0.222. The summed E-state index contributed by atoms with van der Waals surface area (Å²) < 4.78 is 26.3. The lowest BCUT2D eigenvalue weighted by Gasteiger charge is -2.01. The molecular formula is C9H11N5O3S2. The van der Waals surface area contributed by atoms with Crippen LogP contribution in [-0.2, 0) is 10.0 Å². The molecule has 0 aliphatic carbocycles. The van der Waals surface area contributed by atoms with Crippen molar-refractivity contribution in [2.24, 2.45) is 5.16 Å². The van der Waals surface area contributed by atoms with Gasteiger partial charge in [0.15, 0.2) is 10.2 Å². The number of thiazole rings is 1. The Morgan fingerprint density at radius 2 is 2.32 bits per heavy atom. The highest BCUT2D eigenvalue weighted by Gasteiger charge is 2.18. The van der Waals surface area contributed by atoms with Crippen LogP contribution in [0.4, 0.5) is 5.13 Å². The van der Waals surface area contributed by atoms with E-state index in [0.29, 0.717) is 17.2 Å². The molecule has 0 aliphatic rings. The normalized spacial score (nSPS) is 12.6. The van der Waals surface area contributed by atoms with Gasteiger partial charge in [0.05, 0.1) is 6.20 Å².